The summed E-state index contributed by atoms with van der Waals surface area (Å²) in [5.74, 6) is -0.522. The van der Waals surface area contributed by atoms with E-state index in [1.165, 1.54) is 11.8 Å². The van der Waals surface area contributed by atoms with Crippen LogP contribution in [0.2, 0.25) is 0 Å². The number of carbonyl (C=O) groups is 2. The third-order valence-corrected chi connectivity index (χ3v) is 5.07. The van der Waals surface area contributed by atoms with Crippen molar-refractivity contribution < 1.29 is 19.4 Å². The lowest BCUT2D eigenvalue weighted by Crippen LogP contribution is -2.19. The molecule has 0 aromatic heterocycles. The van der Waals surface area contributed by atoms with Crippen molar-refractivity contribution >= 4 is 56.5 Å². The number of hydrogen-bond acceptors (Lipinski definition) is 5. The highest BCUT2D eigenvalue weighted by Gasteiger charge is 2.24. The number of thioether (sulfide) groups is 1. The number of aliphatic carboxylic acids is 1. The molecule has 2 aromatic carbocycles. The molecule has 3 rings (SSSR count). The number of amidine groups is 1. The first-order valence-corrected chi connectivity index (χ1v) is 9.61. The number of hydrogen-bond donors (Lipinski definition) is 2. The summed E-state index contributed by atoms with van der Waals surface area (Å²) >= 11 is 4.70. The lowest BCUT2D eigenvalue weighted by Gasteiger charge is -2.04. The Morgan fingerprint density at radius 3 is 2.67 bits per heavy atom. The highest BCUT2D eigenvalue weighted by Crippen LogP contribution is 2.31. The van der Waals surface area contributed by atoms with Gasteiger partial charge >= 0.3 is 5.97 Å². The highest BCUT2D eigenvalue weighted by atomic mass is 79.9. The molecule has 1 aliphatic heterocycles. The molecule has 2 N–H and O–H groups in total. The van der Waals surface area contributed by atoms with Gasteiger partial charge in [0.05, 0.1) is 23.6 Å². The topological polar surface area (TPSA) is 88.0 Å². The first-order chi connectivity index (χ1) is 13.0. The number of halogens is 1. The number of aliphatic imine (C=N–C) groups is 1. The third kappa shape index (κ3) is 5.45. The van der Waals surface area contributed by atoms with Gasteiger partial charge in [-0.2, -0.15) is 0 Å². The largest absolute Gasteiger partial charge is 0.493 e. The minimum absolute atomic E-state index is 0.0533. The van der Waals surface area contributed by atoms with Crippen LogP contribution in [0.3, 0.4) is 0 Å². The third-order valence-electron chi connectivity index (χ3n) is 3.49. The Hall–Kier alpha value is -2.58. The number of carbonyl (C=O) groups excluding carboxylic acids is 1. The Balaban J connectivity index is 1.67. The van der Waals surface area contributed by atoms with Crippen molar-refractivity contribution in [1.29, 1.82) is 0 Å². The molecule has 1 aliphatic rings. The summed E-state index contributed by atoms with van der Waals surface area (Å²) < 4.78 is 6.20. The molecule has 138 valence electrons. The molecular weight excluding hydrogens is 432 g/mol. The highest BCUT2D eigenvalue weighted by molar-refractivity contribution is 9.10. The number of para-hydroxylation sites is 1. The van der Waals surface area contributed by atoms with Crippen LogP contribution in [-0.4, -0.2) is 28.8 Å². The van der Waals surface area contributed by atoms with Crippen molar-refractivity contribution in [3.8, 4) is 5.75 Å². The van der Waals surface area contributed by atoms with Gasteiger partial charge in [-0.25, -0.2) is 4.99 Å². The van der Waals surface area contributed by atoms with E-state index in [0.717, 1.165) is 15.7 Å². The maximum Gasteiger partial charge on any atom is 0.306 e. The minimum Gasteiger partial charge on any atom is -0.493 e. The van der Waals surface area contributed by atoms with Crippen molar-refractivity contribution in [3.63, 3.8) is 0 Å². The Labute approximate surface area is 168 Å². The Morgan fingerprint density at radius 2 is 1.96 bits per heavy atom. The second-order valence-corrected chi connectivity index (χ2v) is 7.38. The zero-order valence-corrected chi connectivity index (χ0v) is 16.4. The molecule has 1 fully saturated rings. The molecule has 1 saturated heterocycles. The number of amides is 1. The predicted octanol–water partition coefficient (Wildman–Crippen LogP) is 4.19. The molecule has 0 saturated carbocycles. The summed E-state index contributed by atoms with van der Waals surface area (Å²) in [5.41, 5.74) is 1.57. The average Bonchev–Trinajstić information content (AvgIpc) is 2.97. The van der Waals surface area contributed by atoms with E-state index in [2.05, 4.69) is 26.2 Å². The van der Waals surface area contributed by atoms with Gasteiger partial charge in [0.15, 0.2) is 5.17 Å². The van der Waals surface area contributed by atoms with Crippen LogP contribution in [0.4, 0.5) is 5.69 Å². The van der Waals surface area contributed by atoms with E-state index >= 15 is 0 Å². The van der Waals surface area contributed by atoms with E-state index in [4.69, 9.17) is 9.84 Å². The summed E-state index contributed by atoms with van der Waals surface area (Å²) in [6.07, 6.45) is 1.71. The van der Waals surface area contributed by atoms with Gasteiger partial charge < -0.3 is 15.2 Å². The van der Waals surface area contributed by atoms with E-state index in [1.807, 2.05) is 24.3 Å². The molecule has 0 aliphatic carbocycles. The first kappa shape index (κ1) is 19.2. The minimum atomic E-state index is -0.902. The fourth-order valence-electron chi connectivity index (χ4n) is 2.20. The van der Waals surface area contributed by atoms with Crippen LogP contribution in [-0.2, 0) is 9.59 Å². The van der Waals surface area contributed by atoms with Crippen molar-refractivity contribution in [3.05, 3.63) is 63.5 Å². The van der Waals surface area contributed by atoms with Crippen LogP contribution in [0.25, 0.3) is 6.08 Å². The molecule has 1 heterocycles. The van der Waals surface area contributed by atoms with E-state index in [0.29, 0.717) is 15.8 Å². The number of carboxylic acids is 1. The lowest BCUT2D eigenvalue weighted by molar-refractivity contribution is -0.137. The van der Waals surface area contributed by atoms with Gasteiger partial charge in [-0.3, -0.25) is 9.59 Å². The second-order valence-electron chi connectivity index (χ2n) is 5.49. The summed E-state index contributed by atoms with van der Waals surface area (Å²) in [5, 5.41) is 11.9. The van der Waals surface area contributed by atoms with Gasteiger partial charge in [0, 0.05) is 4.47 Å². The molecule has 0 radical (unpaired) electrons. The van der Waals surface area contributed by atoms with Gasteiger partial charge in [-0.05, 0) is 63.6 Å². The number of carboxylic acid groups (broad SMARTS) is 1. The maximum absolute atomic E-state index is 12.2. The van der Waals surface area contributed by atoms with E-state index in [9.17, 15) is 9.59 Å². The number of ether oxygens (including phenoxy) is 1. The molecule has 0 bridgehead atoms. The number of rotatable bonds is 6. The van der Waals surface area contributed by atoms with Crippen LogP contribution < -0.4 is 10.1 Å². The monoisotopic (exact) mass is 446 g/mol. The van der Waals surface area contributed by atoms with Gasteiger partial charge in [0.1, 0.15) is 5.75 Å². The zero-order chi connectivity index (χ0) is 19.2. The summed E-state index contributed by atoms with van der Waals surface area (Å²) in [7, 11) is 0. The summed E-state index contributed by atoms with van der Waals surface area (Å²) in [4.78, 5) is 27.6. The molecule has 0 spiro atoms. The molecule has 27 heavy (non-hydrogen) atoms. The summed E-state index contributed by atoms with van der Waals surface area (Å²) in [6.45, 7) is 0.114. The quantitative estimate of drug-likeness (QED) is 0.649. The van der Waals surface area contributed by atoms with Crippen LogP contribution in [0.1, 0.15) is 12.0 Å². The van der Waals surface area contributed by atoms with Crippen molar-refractivity contribution in [2.45, 2.75) is 6.42 Å². The fraction of sp³-hybridized carbons (Fsp3) is 0.105. The van der Waals surface area contributed by atoms with Gasteiger partial charge in [-0.1, -0.05) is 24.3 Å². The number of nitrogens with one attached hydrogen (secondary N) is 1. The summed E-state index contributed by atoms with van der Waals surface area (Å²) in [6, 6.07) is 14.6. The van der Waals surface area contributed by atoms with Gasteiger partial charge in [-0.15, -0.1) is 0 Å². The van der Waals surface area contributed by atoms with E-state index in [-0.39, 0.29) is 18.9 Å². The lowest BCUT2D eigenvalue weighted by atomic mass is 10.2. The smallest absolute Gasteiger partial charge is 0.306 e. The van der Waals surface area contributed by atoms with Gasteiger partial charge in [0.25, 0.3) is 5.91 Å². The molecule has 0 unspecified atom stereocenters. The standard InChI is InChI=1S/C19H15BrN2O4S/c20-14-3-1-2-4-15(14)21-19-22-18(25)16(27-19)11-12-5-7-13(8-6-12)26-10-9-17(23)24/h1-8,11H,9-10H2,(H,23,24)(H,21,22,25)/b16-11+. The predicted molar refractivity (Wildman–Crippen MR) is 109 cm³/mol. The molecular formula is C19H15BrN2O4S. The maximum atomic E-state index is 12.2. The van der Waals surface area contributed by atoms with Crippen LogP contribution in [0, 0.1) is 0 Å². The molecule has 8 heteroatoms. The average molecular weight is 447 g/mol. The number of nitrogens with zero attached hydrogens (tertiary/aromatic N) is 1. The second kappa shape index (κ2) is 8.88. The SMILES string of the molecule is O=C(O)CCOc1ccc(/C=C2/SC(=Nc3ccccc3Br)NC2=O)cc1. The van der Waals surface area contributed by atoms with Crippen molar-refractivity contribution in [2.24, 2.45) is 4.99 Å². The van der Waals surface area contributed by atoms with Crippen LogP contribution in [0.15, 0.2) is 62.9 Å². The Kier molecular flexibility index (Phi) is 6.31. The Morgan fingerprint density at radius 1 is 1.22 bits per heavy atom. The number of benzene rings is 2. The van der Waals surface area contributed by atoms with E-state index in [1.54, 1.807) is 30.3 Å². The fourth-order valence-corrected chi connectivity index (χ4v) is 3.41. The Bertz CT molecular complexity index is 926. The first-order valence-electron chi connectivity index (χ1n) is 8.00. The van der Waals surface area contributed by atoms with Crippen LogP contribution >= 0.6 is 27.7 Å². The molecule has 6 nitrogen and oxygen atoms in total. The zero-order valence-electron chi connectivity index (χ0n) is 14.0. The molecule has 2 aromatic rings. The van der Waals surface area contributed by atoms with Gasteiger partial charge in [0.2, 0.25) is 0 Å². The molecule has 1 amide bonds. The normalized spacial score (nSPS) is 16.6. The molecule has 0 atom stereocenters. The van der Waals surface area contributed by atoms with Crippen LogP contribution in [0.5, 0.6) is 5.75 Å². The van der Waals surface area contributed by atoms with E-state index < -0.39 is 5.97 Å². The van der Waals surface area contributed by atoms with Crippen molar-refractivity contribution in [2.75, 3.05) is 6.61 Å². The van der Waals surface area contributed by atoms with Crippen molar-refractivity contribution in [1.82, 2.24) is 5.32 Å².